The summed E-state index contributed by atoms with van der Waals surface area (Å²) in [5.41, 5.74) is 6.69. The molecule has 1 amide bonds. The van der Waals surface area contributed by atoms with Gasteiger partial charge in [0.15, 0.2) is 0 Å². The highest BCUT2D eigenvalue weighted by Gasteiger charge is 2.29. The maximum Gasteiger partial charge on any atom is 0.253 e. The predicted molar refractivity (Wildman–Crippen MR) is 180 cm³/mol. The summed E-state index contributed by atoms with van der Waals surface area (Å²) in [5, 5.41) is 6.72. The lowest BCUT2D eigenvalue weighted by molar-refractivity contribution is 0.0950. The van der Waals surface area contributed by atoms with Crippen molar-refractivity contribution < 1.29 is 4.79 Å². The molecule has 9 heteroatoms. The molecular weight excluding hydrogens is 550 g/mol. The molecule has 3 aromatic rings. The number of hydrogen-bond donors (Lipinski definition) is 3. The Kier molecular flexibility index (Phi) is 9.75. The lowest BCUT2D eigenvalue weighted by atomic mass is 9.91. The van der Waals surface area contributed by atoms with Gasteiger partial charge < -0.3 is 30.3 Å². The Balaban J connectivity index is 1.50. The van der Waals surface area contributed by atoms with Gasteiger partial charge in [-0.3, -0.25) is 9.59 Å². The highest BCUT2D eigenvalue weighted by Crippen LogP contribution is 2.35. The summed E-state index contributed by atoms with van der Waals surface area (Å²) in [7, 11) is 2.15. The maximum atomic E-state index is 13.9. The van der Waals surface area contributed by atoms with Gasteiger partial charge in [0.1, 0.15) is 5.82 Å². The van der Waals surface area contributed by atoms with Crippen LogP contribution in [0.2, 0.25) is 0 Å². The molecule has 0 aliphatic carbocycles. The molecule has 2 saturated heterocycles. The molecule has 236 valence electrons. The average molecular weight is 600 g/mol. The number of rotatable bonds is 8. The SMILES string of the molecule is CCN(c1cc(-c2ccc(N3CCN(C)CC3)nc2)cc(C(=O)NCc2c(C)cc(C)[nH]c2=O)c1C)C1CC(C)N[C@H](C)C1. The highest BCUT2D eigenvalue weighted by molar-refractivity contribution is 5.99. The lowest BCUT2D eigenvalue weighted by Crippen LogP contribution is -2.51. The van der Waals surface area contributed by atoms with Crippen molar-refractivity contribution in [3.8, 4) is 11.1 Å². The van der Waals surface area contributed by atoms with Crippen LogP contribution in [0.5, 0.6) is 0 Å². The van der Waals surface area contributed by atoms with Crippen molar-refractivity contribution in [2.45, 2.75) is 79.1 Å². The van der Waals surface area contributed by atoms with Gasteiger partial charge in [-0.1, -0.05) is 0 Å². The topological polar surface area (TPSA) is 96.6 Å². The highest BCUT2D eigenvalue weighted by atomic mass is 16.1. The summed E-state index contributed by atoms with van der Waals surface area (Å²) in [5.74, 6) is 0.800. The van der Waals surface area contributed by atoms with Gasteiger partial charge in [0.05, 0.1) is 0 Å². The number of carbonyl (C=O) groups is 1. The molecule has 3 atom stereocenters. The monoisotopic (exact) mass is 599 g/mol. The largest absolute Gasteiger partial charge is 0.368 e. The third-order valence-corrected chi connectivity index (χ3v) is 9.36. The number of anilines is 2. The van der Waals surface area contributed by atoms with Crippen molar-refractivity contribution in [3.63, 3.8) is 0 Å². The van der Waals surface area contributed by atoms with Crippen LogP contribution in [0.1, 0.15) is 66.4 Å². The number of aromatic nitrogens is 2. The first-order chi connectivity index (χ1) is 21.0. The van der Waals surface area contributed by atoms with Crippen LogP contribution in [0.4, 0.5) is 11.5 Å². The number of nitrogens with one attached hydrogen (secondary N) is 3. The standard InChI is InChI=1S/C35H49N7O2/c1-8-42(29-16-24(4)38-25(5)17-29)32-19-28(27-9-10-33(36-20-27)41-13-11-40(7)12-14-41)18-30(26(32)6)34(43)37-21-31-22(2)15-23(3)39-35(31)44/h9-10,15,18-20,24-25,29,38H,8,11-14,16-17,21H2,1-7H3,(H,37,43)(H,39,44)/t24-,25?,29?/m1/s1. The third-order valence-electron chi connectivity index (χ3n) is 9.36. The molecule has 0 bridgehead atoms. The lowest BCUT2D eigenvalue weighted by Gasteiger charge is -2.41. The molecule has 9 nitrogen and oxygen atoms in total. The number of aryl methyl sites for hydroxylation is 2. The molecule has 0 spiro atoms. The quantitative estimate of drug-likeness (QED) is 0.353. The van der Waals surface area contributed by atoms with E-state index in [9.17, 15) is 9.59 Å². The first-order valence-electron chi connectivity index (χ1n) is 16.1. The molecule has 5 rings (SSSR count). The van der Waals surface area contributed by atoms with E-state index in [1.807, 2.05) is 39.1 Å². The van der Waals surface area contributed by atoms with Crippen LogP contribution in [0.25, 0.3) is 11.1 Å². The van der Waals surface area contributed by atoms with Crippen molar-refractivity contribution in [1.29, 1.82) is 0 Å². The molecule has 2 aromatic heterocycles. The van der Waals surface area contributed by atoms with Crippen LogP contribution in [-0.2, 0) is 6.54 Å². The van der Waals surface area contributed by atoms with E-state index in [1.165, 1.54) is 0 Å². The van der Waals surface area contributed by atoms with E-state index in [4.69, 9.17) is 4.98 Å². The van der Waals surface area contributed by atoms with Gasteiger partial charge in [0.2, 0.25) is 0 Å². The smallest absolute Gasteiger partial charge is 0.253 e. The van der Waals surface area contributed by atoms with Gasteiger partial charge in [0.25, 0.3) is 11.5 Å². The Morgan fingerprint density at radius 2 is 1.73 bits per heavy atom. The molecular formula is C35H49N7O2. The molecule has 0 saturated carbocycles. The number of aromatic amines is 1. The fourth-order valence-corrected chi connectivity index (χ4v) is 6.96. The van der Waals surface area contributed by atoms with E-state index in [0.717, 1.165) is 85.0 Å². The minimum absolute atomic E-state index is 0.160. The van der Waals surface area contributed by atoms with Crippen LogP contribution >= 0.6 is 0 Å². The van der Waals surface area contributed by atoms with Gasteiger partial charge in [-0.15, -0.1) is 0 Å². The summed E-state index contributed by atoms with van der Waals surface area (Å²) in [6, 6.07) is 11.6. The number of benzene rings is 1. The zero-order chi connectivity index (χ0) is 31.5. The van der Waals surface area contributed by atoms with Crippen molar-refractivity contribution >= 4 is 17.4 Å². The van der Waals surface area contributed by atoms with Crippen LogP contribution in [0.3, 0.4) is 0 Å². The van der Waals surface area contributed by atoms with Crippen molar-refractivity contribution in [2.75, 3.05) is 49.6 Å². The van der Waals surface area contributed by atoms with Crippen LogP contribution in [-0.4, -0.2) is 78.7 Å². The number of carbonyl (C=O) groups excluding carboxylic acids is 1. The van der Waals surface area contributed by atoms with E-state index >= 15 is 0 Å². The fourth-order valence-electron chi connectivity index (χ4n) is 6.96. The number of nitrogens with zero attached hydrogens (tertiary/aromatic N) is 4. The summed E-state index contributed by atoms with van der Waals surface area (Å²) in [6.07, 6.45) is 4.02. The minimum atomic E-state index is -0.185. The van der Waals surface area contributed by atoms with E-state index < -0.39 is 0 Å². The van der Waals surface area contributed by atoms with E-state index in [2.05, 4.69) is 76.3 Å². The number of amides is 1. The van der Waals surface area contributed by atoms with Gasteiger partial charge in [-0.05, 0) is 108 Å². The number of hydrogen-bond acceptors (Lipinski definition) is 7. The normalized spacial score (nSPS) is 20.9. The summed E-state index contributed by atoms with van der Waals surface area (Å²) in [6.45, 7) is 17.5. The van der Waals surface area contributed by atoms with Gasteiger partial charge in [0, 0.05) is 91.7 Å². The zero-order valence-electron chi connectivity index (χ0n) is 27.5. The summed E-state index contributed by atoms with van der Waals surface area (Å²) >= 11 is 0. The number of likely N-dealkylation sites (N-methyl/N-ethyl adjacent to an activating group) is 1. The molecule has 0 radical (unpaired) electrons. The maximum absolute atomic E-state index is 13.9. The number of pyridine rings is 2. The van der Waals surface area contributed by atoms with Crippen molar-refractivity contribution in [3.05, 3.63) is 74.8 Å². The van der Waals surface area contributed by atoms with Crippen LogP contribution in [0.15, 0.2) is 41.3 Å². The number of H-pyrrole nitrogens is 1. The molecule has 2 unspecified atom stereocenters. The Bertz CT molecular complexity index is 1520. The Labute approximate surface area is 262 Å². The van der Waals surface area contributed by atoms with E-state index in [1.54, 1.807) is 0 Å². The molecule has 2 aliphatic rings. The average Bonchev–Trinajstić information content (AvgIpc) is 2.98. The second kappa shape index (κ2) is 13.5. The molecule has 4 heterocycles. The van der Waals surface area contributed by atoms with E-state index in [-0.39, 0.29) is 18.0 Å². The third kappa shape index (κ3) is 7.00. The fraction of sp³-hybridized carbons (Fsp3) is 0.514. The molecule has 2 fully saturated rings. The summed E-state index contributed by atoms with van der Waals surface area (Å²) in [4.78, 5) is 41.4. The molecule has 1 aromatic carbocycles. The van der Waals surface area contributed by atoms with Crippen molar-refractivity contribution in [1.82, 2.24) is 25.5 Å². The van der Waals surface area contributed by atoms with Crippen LogP contribution < -0.4 is 26.0 Å². The summed E-state index contributed by atoms with van der Waals surface area (Å²) < 4.78 is 0. The minimum Gasteiger partial charge on any atom is -0.368 e. The van der Waals surface area contributed by atoms with E-state index in [0.29, 0.717) is 29.3 Å². The Hall–Kier alpha value is -3.69. The first kappa shape index (κ1) is 31.7. The Morgan fingerprint density at radius 3 is 2.34 bits per heavy atom. The van der Waals surface area contributed by atoms with Gasteiger partial charge in [-0.2, -0.15) is 0 Å². The van der Waals surface area contributed by atoms with Crippen LogP contribution in [0, 0.1) is 20.8 Å². The van der Waals surface area contributed by atoms with Crippen molar-refractivity contribution in [2.24, 2.45) is 0 Å². The molecule has 44 heavy (non-hydrogen) atoms. The second-order valence-corrected chi connectivity index (χ2v) is 12.9. The van der Waals surface area contributed by atoms with Gasteiger partial charge in [-0.25, -0.2) is 4.98 Å². The number of piperazine rings is 1. The number of piperidine rings is 1. The van der Waals surface area contributed by atoms with Gasteiger partial charge >= 0.3 is 0 Å². The molecule has 2 aliphatic heterocycles. The molecule has 3 N–H and O–H groups in total. The predicted octanol–water partition coefficient (Wildman–Crippen LogP) is 4.40. The Morgan fingerprint density at radius 1 is 1.02 bits per heavy atom. The first-order valence-corrected chi connectivity index (χ1v) is 16.1. The zero-order valence-corrected chi connectivity index (χ0v) is 27.5. The second-order valence-electron chi connectivity index (χ2n) is 12.9.